The molecule has 1 aliphatic heterocycles. The van der Waals surface area contributed by atoms with E-state index in [1.807, 2.05) is 19.1 Å². The Morgan fingerprint density at radius 2 is 1.97 bits per heavy atom. The largest absolute Gasteiger partial charge is 0.497 e. The highest BCUT2D eigenvalue weighted by molar-refractivity contribution is 7.11. The molecule has 2 N–H and O–H groups in total. The van der Waals surface area contributed by atoms with Crippen LogP contribution in [0.4, 0.5) is 0 Å². The first-order chi connectivity index (χ1) is 14.1. The number of morpholine rings is 1. The molecule has 2 aromatic rings. The summed E-state index contributed by atoms with van der Waals surface area (Å²) in [5.74, 6) is 1.65. The molecule has 1 saturated heterocycles. The lowest BCUT2D eigenvalue weighted by molar-refractivity contribution is 0.0170. The summed E-state index contributed by atoms with van der Waals surface area (Å²) in [6.07, 6.45) is 0. The van der Waals surface area contributed by atoms with Gasteiger partial charge >= 0.3 is 0 Å². The van der Waals surface area contributed by atoms with Crippen LogP contribution in [-0.4, -0.2) is 62.8 Å². The highest BCUT2D eigenvalue weighted by Crippen LogP contribution is 2.23. The molecule has 2 heterocycles. The molecule has 1 aliphatic rings. The number of ether oxygens (including phenoxy) is 2. The van der Waals surface area contributed by atoms with Crippen molar-refractivity contribution in [1.82, 2.24) is 20.5 Å². The average molecular weight is 418 g/mol. The second-order valence-electron chi connectivity index (χ2n) is 6.99. The summed E-state index contributed by atoms with van der Waals surface area (Å²) in [5, 5.41) is 7.94. The average Bonchev–Trinajstić information content (AvgIpc) is 3.09. The van der Waals surface area contributed by atoms with E-state index in [1.165, 1.54) is 10.4 Å². The molecule has 0 aliphatic carbocycles. The van der Waals surface area contributed by atoms with Crippen LogP contribution in [0, 0.1) is 13.8 Å². The van der Waals surface area contributed by atoms with E-state index in [1.54, 1.807) is 25.5 Å². The van der Waals surface area contributed by atoms with E-state index in [0.717, 1.165) is 55.3 Å². The minimum Gasteiger partial charge on any atom is -0.497 e. The summed E-state index contributed by atoms with van der Waals surface area (Å²) >= 11 is 1.72. The Kier molecular flexibility index (Phi) is 7.85. The number of benzene rings is 1. The van der Waals surface area contributed by atoms with E-state index in [4.69, 9.17) is 9.47 Å². The summed E-state index contributed by atoms with van der Waals surface area (Å²) in [4.78, 5) is 12.7. The first-order valence-corrected chi connectivity index (χ1v) is 10.8. The van der Waals surface area contributed by atoms with Gasteiger partial charge in [0.1, 0.15) is 10.8 Å². The fourth-order valence-corrected chi connectivity index (χ4v) is 4.23. The lowest BCUT2D eigenvalue weighted by atomic mass is 10.0. The molecule has 0 spiro atoms. The maximum atomic E-state index is 5.54. The number of aromatic nitrogens is 1. The summed E-state index contributed by atoms with van der Waals surface area (Å²) in [7, 11) is 3.49. The fraction of sp³-hybridized carbons (Fsp3) is 0.524. The van der Waals surface area contributed by atoms with Crippen molar-refractivity contribution >= 4 is 17.3 Å². The van der Waals surface area contributed by atoms with Crippen LogP contribution in [0.15, 0.2) is 29.3 Å². The van der Waals surface area contributed by atoms with Gasteiger partial charge in [-0.05, 0) is 31.5 Å². The van der Waals surface area contributed by atoms with Crippen molar-refractivity contribution in [1.29, 1.82) is 0 Å². The van der Waals surface area contributed by atoms with Crippen molar-refractivity contribution in [2.45, 2.75) is 26.4 Å². The molecule has 158 valence electrons. The lowest BCUT2D eigenvalue weighted by Crippen LogP contribution is -2.46. The predicted molar refractivity (Wildman–Crippen MR) is 118 cm³/mol. The second-order valence-corrected chi connectivity index (χ2v) is 8.28. The second kappa shape index (κ2) is 10.6. The van der Waals surface area contributed by atoms with Gasteiger partial charge in [-0.3, -0.25) is 9.89 Å². The normalized spacial score (nSPS) is 16.5. The fourth-order valence-electron chi connectivity index (χ4n) is 3.36. The number of aryl methyl sites for hydroxylation is 2. The Hall–Kier alpha value is -2.16. The summed E-state index contributed by atoms with van der Waals surface area (Å²) < 4.78 is 10.9. The van der Waals surface area contributed by atoms with Gasteiger partial charge in [0.05, 0.1) is 38.6 Å². The molecule has 0 amide bonds. The van der Waals surface area contributed by atoms with Gasteiger partial charge in [0.2, 0.25) is 0 Å². The van der Waals surface area contributed by atoms with Crippen LogP contribution in [0.5, 0.6) is 5.75 Å². The number of hydrogen-bond acceptors (Lipinski definition) is 6. The maximum absolute atomic E-state index is 5.54. The Labute approximate surface area is 177 Å². The van der Waals surface area contributed by atoms with E-state index in [-0.39, 0.29) is 6.04 Å². The number of thiazole rings is 1. The van der Waals surface area contributed by atoms with Crippen LogP contribution in [-0.2, 0) is 11.3 Å². The zero-order valence-corrected chi connectivity index (χ0v) is 18.5. The van der Waals surface area contributed by atoms with Crippen molar-refractivity contribution in [3.05, 3.63) is 45.4 Å². The van der Waals surface area contributed by atoms with Crippen LogP contribution in [0.2, 0.25) is 0 Å². The summed E-state index contributed by atoms with van der Waals surface area (Å²) in [5.41, 5.74) is 2.35. The highest BCUT2D eigenvalue weighted by Gasteiger charge is 2.23. The van der Waals surface area contributed by atoms with Crippen molar-refractivity contribution < 1.29 is 9.47 Å². The third-order valence-corrected chi connectivity index (χ3v) is 6.23. The number of nitrogens with one attached hydrogen (secondary N) is 2. The number of methoxy groups -OCH3 is 1. The third-order valence-electron chi connectivity index (χ3n) is 5.15. The van der Waals surface area contributed by atoms with Gasteiger partial charge in [-0.2, -0.15) is 0 Å². The molecule has 0 saturated carbocycles. The molecule has 1 fully saturated rings. The Morgan fingerprint density at radius 1 is 1.24 bits per heavy atom. The molecule has 8 heteroatoms. The maximum Gasteiger partial charge on any atom is 0.191 e. The van der Waals surface area contributed by atoms with Crippen LogP contribution < -0.4 is 15.4 Å². The SMILES string of the molecule is CN=C(NCc1nc(C)c(C)s1)NCC(c1ccc(OC)cc1)N1CCOCC1. The lowest BCUT2D eigenvalue weighted by Gasteiger charge is -2.35. The molecular weight excluding hydrogens is 386 g/mol. The minimum atomic E-state index is 0.229. The number of guanidine groups is 1. The predicted octanol–water partition coefficient (Wildman–Crippen LogP) is 2.51. The van der Waals surface area contributed by atoms with E-state index in [0.29, 0.717) is 6.54 Å². The van der Waals surface area contributed by atoms with Gasteiger partial charge in [0, 0.05) is 31.6 Å². The first-order valence-electron chi connectivity index (χ1n) is 9.94. The molecule has 3 rings (SSSR count). The number of rotatable bonds is 7. The van der Waals surface area contributed by atoms with Crippen molar-refractivity contribution in [2.75, 3.05) is 47.0 Å². The summed E-state index contributed by atoms with van der Waals surface area (Å²) in [6.45, 7) is 8.94. The molecule has 1 aromatic carbocycles. The molecule has 29 heavy (non-hydrogen) atoms. The topological polar surface area (TPSA) is 71.0 Å². The Bertz CT molecular complexity index is 780. The number of hydrogen-bond donors (Lipinski definition) is 2. The zero-order valence-electron chi connectivity index (χ0n) is 17.7. The van der Waals surface area contributed by atoms with Crippen molar-refractivity contribution in [3.63, 3.8) is 0 Å². The van der Waals surface area contributed by atoms with Gasteiger partial charge < -0.3 is 20.1 Å². The first kappa shape index (κ1) is 21.5. The van der Waals surface area contributed by atoms with Crippen LogP contribution in [0.3, 0.4) is 0 Å². The molecule has 7 nitrogen and oxygen atoms in total. The van der Waals surface area contributed by atoms with E-state index in [9.17, 15) is 0 Å². The van der Waals surface area contributed by atoms with Gasteiger partial charge in [-0.1, -0.05) is 12.1 Å². The molecule has 1 atom stereocenters. The third kappa shape index (κ3) is 5.91. The Balaban J connectivity index is 1.63. The van der Waals surface area contributed by atoms with Crippen molar-refractivity contribution in [2.24, 2.45) is 4.99 Å². The highest BCUT2D eigenvalue weighted by atomic mass is 32.1. The number of aliphatic imine (C=N–C) groups is 1. The van der Waals surface area contributed by atoms with E-state index in [2.05, 4.69) is 44.6 Å². The minimum absolute atomic E-state index is 0.229. The quantitative estimate of drug-likeness (QED) is 0.533. The molecular formula is C21H31N5O2S. The van der Waals surface area contributed by atoms with Gasteiger partial charge in [-0.15, -0.1) is 11.3 Å². The van der Waals surface area contributed by atoms with Gasteiger partial charge in [0.15, 0.2) is 5.96 Å². The smallest absolute Gasteiger partial charge is 0.191 e. The van der Waals surface area contributed by atoms with Crippen LogP contribution in [0.25, 0.3) is 0 Å². The van der Waals surface area contributed by atoms with Crippen molar-refractivity contribution in [3.8, 4) is 5.75 Å². The van der Waals surface area contributed by atoms with Gasteiger partial charge in [0.25, 0.3) is 0 Å². The van der Waals surface area contributed by atoms with Crippen LogP contribution >= 0.6 is 11.3 Å². The standard InChI is InChI=1S/C21H31N5O2S/c1-15-16(2)29-20(25-15)14-24-21(22-3)23-13-19(26-9-11-28-12-10-26)17-5-7-18(27-4)8-6-17/h5-8,19H,9-14H2,1-4H3,(H2,22,23,24). The summed E-state index contributed by atoms with van der Waals surface area (Å²) in [6, 6.07) is 8.54. The Morgan fingerprint density at radius 3 is 2.55 bits per heavy atom. The van der Waals surface area contributed by atoms with E-state index < -0.39 is 0 Å². The number of nitrogens with zero attached hydrogens (tertiary/aromatic N) is 3. The molecule has 1 unspecified atom stereocenters. The van der Waals surface area contributed by atoms with E-state index >= 15 is 0 Å². The molecule has 0 bridgehead atoms. The monoisotopic (exact) mass is 417 g/mol. The van der Waals surface area contributed by atoms with Crippen LogP contribution in [0.1, 0.15) is 27.2 Å². The zero-order chi connectivity index (χ0) is 20.6. The molecule has 1 aromatic heterocycles. The van der Waals surface area contributed by atoms with Gasteiger partial charge in [-0.25, -0.2) is 4.98 Å². The molecule has 0 radical (unpaired) electrons.